The summed E-state index contributed by atoms with van der Waals surface area (Å²) in [6, 6.07) is 3.21. The number of aromatic nitrogens is 1. The molecule has 1 aromatic rings. The zero-order valence-corrected chi connectivity index (χ0v) is 9.94. The second-order valence-electron chi connectivity index (χ2n) is 2.41. The topological polar surface area (TPSA) is 36.7 Å². The maximum Gasteiger partial charge on any atom is 0.280 e. The van der Waals surface area contributed by atoms with Gasteiger partial charge in [0.05, 0.1) is 4.47 Å². The van der Waals surface area contributed by atoms with Gasteiger partial charge in [0, 0.05) is 5.33 Å². The summed E-state index contributed by atoms with van der Waals surface area (Å²) in [6.07, 6.45) is -2.66. The van der Waals surface area contributed by atoms with Gasteiger partial charge in [-0.15, -0.1) is 0 Å². The lowest BCUT2D eigenvalue weighted by Gasteiger charge is -2.06. The molecule has 0 bridgehead atoms. The summed E-state index contributed by atoms with van der Waals surface area (Å²) in [5.41, 5.74) is 0.0116. The number of alkyl halides is 3. The molecule has 0 aliphatic carbocycles. The van der Waals surface area contributed by atoms with Crippen LogP contribution in [0.2, 0.25) is 0 Å². The van der Waals surface area contributed by atoms with Gasteiger partial charge >= 0.3 is 0 Å². The smallest absolute Gasteiger partial charge is 0.235 e. The SMILES string of the molecule is N#Cc1nc(C(F)F)c(CBr)cc1Br. The lowest BCUT2D eigenvalue weighted by atomic mass is 10.2. The Labute approximate surface area is 96.2 Å². The second kappa shape index (κ2) is 4.80. The van der Waals surface area contributed by atoms with Crippen molar-refractivity contribution < 1.29 is 8.78 Å². The fourth-order valence-electron chi connectivity index (χ4n) is 0.915. The fourth-order valence-corrected chi connectivity index (χ4v) is 1.82. The van der Waals surface area contributed by atoms with Crippen LogP contribution in [0, 0.1) is 11.3 Å². The number of halogens is 4. The van der Waals surface area contributed by atoms with Crippen molar-refractivity contribution in [2.24, 2.45) is 0 Å². The molecule has 0 radical (unpaired) electrons. The van der Waals surface area contributed by atoms with Crippen LogP contribution in [0.1, 0.15) is 23.4 Å². The van der Waals surface area contributed by atoms with Gasteiger partial charge in [0.25, 0.3) is 6.43 Å². The lowest BCUT2D eigenvalue weighted by molar-refractivity contribution is 0.145. The average Bonchev–Trinajstić information content (AvgIpc) is 2.16. The third kappa shape index (κ3) is 2.28. The van der Waals surface area contributed by atoms with Gasteiger partial charge < -0.3 is 0 Å². The van der Waals surface area contributed by atoms with Crippen molar-refractivity contribution in [1.82, 2.24) is 4.98 Å². The Morgan fingerprint density at radius 1 is 1.57 bits per heavy atom. The molecule has 1 rings (SSSR count). The van der Waals surface area contributed by atoms with Crippen molar-refractivity contribution in [3.8, 4) is 6.07 Å². The van der Waals surface area contributed by atoms with Gasteiger partial charge in [-0.1, -0.05) is 15.9 Å². The molecule has 0 unspecified atom stereocenters. The van der Waals surface area contributed by atoms with Crippen LogP contribution in [0.3, 0.4) is 0 Å². The van der Waals surface area contributed by atoms with Gasteiger partial charge in [0.15, 0.2) is 5.69 Å². The number of pyridine rings is 1. The molecule has 1 aromatic heterocycles. The van der Waals surface area contributed by atoms with Crippen LogP contribution in [-0.2, 0) is 5.33 Å². The minimum atomic E-state index is -2.66. The highest BCUT2D eigenvalue weighted by Gasteiger charge is 2.17. The minimum Gasteiger partial charge on any atom is -0.235 e. The van der Waals surface area contributed by atoms with E-state index in [1.807, 2.05) is 0 Å². The van der Waals surface area contributed by atoms with Crippen molar-refractivity contribution in [2.45, 2.75) is 11.8 Å². The van der Waals surface area contributed by atoms with Gasteiger partial charge in [-0.2, -0.15) is 5.26 Å². The van der Waals surface area contributed by atoms with E-state index in [0.717, 1.165) is 0 Å². The van der Waals surface area contributed by atoms with E-state index in [2.05, 4.69) is 36.8 Å². The van der Waals surface area contributed by atoms with Crippen LogP contribution in [0.25, 0.3) is 0 Å². The predicted molar refractivity (Wildman–Crippen MR) is 54.2 cm³/mol. The molecule has 0 saturated heterocycles. The summed E-state index contributed by atoms with van der Waals surface area (Å²) in [7, 11) is 0. The Bertz CT molecular complexity index is 388. The molecule has 0 aliphatic rings. The minimum absolute atomic E-state index is 0.0231. The molecule has 0 aromatic carbocycles. The molecular weight excluding hydrogens is 322 g/mol. The summed E-state index contributed by atoms with van der Waals surface area (Å²) < 4.78 is 25.3. The summed E-state index contributed by atoms with van der Waals surface area (Å²) in [5, 5.41) is 8.87. The summed E-state index contributed by atoms with van der Waals surface area (Å²) in [4.78, 5) is 3.57. The van der Waals surface area contributed by atoms with Crippen molar-refractivity contribution >= 4 is 31.9 Å². The van der Waals surface area contributed by atoms with E-state index in [9.17, 15) is 8.78 Å². The van der Waals surface area contributed by atoms with Crippen LogP contribution in [0.15, 0.2) is 10.5 Å². The third-order valence-corrected chi connectivity index (χ3v) is 2.75. The first-order chi connectivity index (χ1) is 6.60. The van der Waals surface area contributed by atoms with E-state index in [0.29, 0.717) is 10.0 Å². The number of hydrogen-bond acceptors (Lipinski definition) is 2. The number of rotatable bonds is 2. The van der Waals surface area contributed by atoms with Gasteiger partial charge in [0.2, 0.25) is 0 Å². The summed E-state index contributed by atoms with van der Waals surface area (Å²) in [5.74, 6) is 0. The molecule has 1 heterocycles. The molecule has 0 fully saturated rings. The molecule has 2 nitrogen and oxygen atoms in total. The summed E-state index contributed by atoms with van der Waals surface area (Å²) in [6.45, 7) is 0. The van der Waals surface area contributed by atoms with E-state index >= 15 is 0 Å². The highest BCUT2D eigenvalue weighted by molar-refractivity contribution is 9.10. The highest BCUT2D eigenvalue weighted by atomic mass is 79.9. The quantitative estimate of drug-likeness (QED) is 0.780. The Hall–Kier alpha value is -0.540. The number of nitrogens with zero attached hydrogens (tertiary/aromatic N) is 2. The zero-order chi connectivity index (χ0) is 10.7. The van der Waals surface area contributed by atoms with Gasteiger partial charge in [-0.05, 0) is 27.6 Å². The molecule has 0 saturated carbocycles. The van der Waals surface area contributed by atoms with Crippen molar-refractivity contribution in [3.63, 3.8) is 0 Å². The Balaban J connectivity index is 3.34. The molecule has 74 valence electrons. The Morgan fingerprint density at radius 2 is 2.21 bits per heavy atom. The van der Waals surface area contributed by atoms with Crippen LogP contribution >= 0.6 is 31.9 Å². The number of nitriles is 1. The normalized spacial score (nSPS) is 10.3. The maximum atomic E-state index is 12.5. The lowest BCUT2D eigenvalue weighted by Crippen LogP contribution is -1.99. The number of hydrogen-bond donors (Lipinski definition) is 0. The van der Waals surface area contributed by atoms with Crippen LogP contribution in [0.5, 0.6) is 0 Å². The predicted octanol–water partition coefficient (Wildman–Crippen LogP) is 3.55. The van der Waals surface area contributed by atoms with Gasteiger partial charge in [0.1, 0.15) is 11.8 Å². The molecule has 0 aliphatic heterocycles. The van der Waals surface area contributed by atoms with E-state index in [-0.39, 0.29) is 16.7 Å². The molecule has 6 heteroatoms. The van der Waals surface area contributed by atoms with E-state index in [4.69, 9.17) is 5.26 Å². The molecule has 0 amide bonds. The third-order valence-electron chi connectivity index (χ3n) is 1.55. The standard InChI is InChI=1S/C8H4Br2F2N2/c9-2-4-1-5(10)6(3-13)14-7(4)8(11)12/h1,8H,2H2. The van der Waals surface area contributed by atoms with Crippen LogP contribution < -0.4 is 0 Å². The van der Waals surface area contributed by atoms with E-state index in [1.165, 1.54) is 6.07 Å². The molecular formula is C8H4Br2F2N2. The van der Waals surface area contributed by atoms with Crippen LogP contribution in [0.4, 0.5) is 8.78 Å². The molecule has 0 atom stereocenters. The zero-order valence-electron chi connectivity index (χ0n) is 6.77. The van der Waals surface area contributed by atoms with Gasteiger partial charge in [-0.25, -0.2) is 13.8 Å². The monoisotopic (exact) mass is 324 g/mol. The van der Waals surface area contributed by atoms with E-state index in [1.54, 1.807) is 6.07 Å². The van der Waals surface area contributed by atoms with Crippen LogP contribution in [-0.4, -0.2) is 4.98 Å². The Morgan fingerprint density at radius 3 is 2.64 bits per heavy atom. The maximum absolute atomic E-state index is 12.5. The van der Waals surface area contributed by atoms with Crippen molar-refractivity contribution in [3.05, 3.63) is 27.5 Å². The molecule has 14 heavy (non-hydrogen) atoms. The first-order valence-electron chi connectivity index (χ1n) is 3.53. The largest absolute Gasteiger partial charge is 0.280 e. The first-order valence-corrected chi connectivity index (χ1v) is 5.45. The van der Waals surface area contributed by atoms with E-state index < -0.39 is 6.43 Å². The fraction of sp³-hybridized carbons (Fsp3) is 0.250. The van der Waals surface area contributed by atoms with Gasteiger partial charge in [-0.3, -0.25) is 0 Å². The molecule has 0 spiro atoms. The summed E-state index contributed by atoms with van der Waals surface area (Å²) >= 11 is 6.16. The second-order valence-corrected chi connectivity index (χ2v) is 3.82. The first kappa shape index (κ1) is 11.5. The molecule has 0 N–H and O–H groups in total. The highest BCUT2D eigenvalue weighted by Crippen LogP contribution is 2.27. The average molecular weight is 326 g/mol. The van der Waals surface area contributed by atoms with Crippen molar-refractivity contribution in [2.75, 3.05) is 0 Å². The van der Waals surface area contributed by atoms with Crippen molar-refractivity contribution in [1.29, 1.82) is 5.26 Å². The Kier molecular flexibility index (Phi) is 3.96.